The number of hydrogen-bond donors (Lipinski definition) is 2. The highest BCUT2D eigenvalue weighted by atomic mass is 16.5. The summed E-state index contributed by atoms with van der Waals surface area (Å²) in [5, 5.41) is 3.39. The van der Waals surface area contributed by atoms with Crippen LogP contribution >= 0.6 is 0 Å². The molecule has 0 fully saturated rings. The summed E-state index contributed by atoms with van der Waals surface area (Å²) in [4.78, 5) is 4.29. The van der Waals surface area contributed by atoms with E-state index < -0.39 is 0 Å². The minimum absolute atomic E-state index is 0.113. The number of benzene rings is 1. The molecule has 1 heterocycles. The van der Waals surface area contributed by atoms with Crippen LogP contribution in [0, 0.1) is 6.92 Å². The number of nitrogen functional groups attached to an aromatic ring is 1. The Labute approximate surface area is 120 Å². The Bertz CT molecular complexity index is 582. The lowest BCUT2D eigenvalue weighted by Crippen LogP contribution is -2.11. The molecule has 0 spiro atoms. The Morgan fingerprint density at radius 2 is 2.10 bits per heavy atom. The fraction of sp³-hybridized carbons (Fsp3) is 0.312. The lowest BCUT2D eigenvalue weighted by Gasteiger charge is -2.14. The fourth-order valence-electron chi connectivity index (χ4n) is 1.96. The molecule has 0 amide bonds. The van der Waals surface area contributed by atoms with E-state index in [0.29, 0.717) is 12.4 Å². The van der Waals surface area contributed by atoms with Crippen molar-refractivity contribution < 1.29 is 4.74 Å². The first-order chi connectivity index (χ1) is 9.56. The van der Waals surface area contributed by atoms with Crippen molar-refractivity contribution in [2.24, 2.45) is 0 Å². The maximum Gasteiger partial charge on any atom is 0.218 e. The minimum atomic E-state index is 0.113. The lowest BCUT2D eigenvalue weighted by atomic mass is 10.1. The Kier molecular flexibility index (Phi) is 4.45. The van der Waals surface area contributed by atoms with Crippen LogP contribution in [0.1, 0.15) is 25.0 Å². The van der Waals surface area contributed by atoms with Crippen LogP contribution in [0.15, 0.2) is 36.5 Å². The average Bonchev–Trinajstić information content (AvgIpc) is 2.39. The van der Waals surface area contributed by atoms with Gasteiger partial charge in [-0.15, -0.1) is 0 Å². The number of pyridine rings is 1. The van der Waals surface area contributed by atoms with Gasteiger partial charge in [-0.2, -0.15) is 0 Å². The number of nitrogens with one attached hydrogen (secondary N) is 1. The van der Waals surface area contributed by atoms with E-state index in [9.17, 15) is 0 Å². The number of anilines is 2. The predicted molar refractivity (Wildman–Crippen MR) is 82.9 cm³/mol. The van der Waals surface area contributed by atoms with Crippen molar-refractivity contribution in [2.45, 2.75) is 33.4 Å². The van der Waals surface area contributed by atoms with Crippen molar-refractivity contribution in [3.63, 3.8) is 0 Å². The van der Waals surface area contributed by atoms with Gasteiger partial charge in [0.15, 0.2) is 0 Å². The third-order valence-corrected chi connectivity index (χ3v) is 2.92. The lowest BCUT2D eigenvalue weighted by molar-refractivity contribution is 0.230. The third-order valence-electron chi connectivity index (χ3n) is 2.92. The van der Waals surface area contributed by atoms with Crippen molar-refractivity contribution in [3.05, 3.63) is 47.7 Å². The molecule has 106 valence electrons. The molecule has 0 radical (unpaired) electrons. The largest absolute Gasteiger partial charge is 0.475 e. The van der Waals surface area contributed by atoms with Gasteiger partial charge in [0.25, 0.3) is 0 Å². The molecule has 0 aliphatic heterocycles. The van der Waals surface area contributed by atoms with Gasteiger partial charge in [-0.3, -0.25) is 0 Å². The molecule has 0 aliphatic carbocycles. The van der Waals surface area contributed by atoms with Gasteiger partial charge >= 0.3 is 0 Å². The Morgan fingerprint density at radius 1 is 1.30 bits per heavy atom. The van der Waals surface area contributed by atoms with E-state index in [-0.39, 0.29) is 6.10 Å². The van der Waals surface area contributed by atoms with Crippen LogP contribution in [0.2, 0.25) is 0 Å². The average molecular weight is 271 g/mol. The first-order valence-electron chi connectivity index (χ1n) is 6.77. The van der Waals surface area contributed by atoms with E-state index in [2.05, 4.69) is 10.3 Å². The quantitative estimate of drug-likeness (QED) is 0.818. The maximum absolute atomic E-state index is 5.76. The molecule has 2 aromatic rings. The molecule has 0 saturated heterocycles. The zero-order valence-electron chi connectivity index (χ0n) is 12.2. The molecule has 0 bridgehead atoms. The van der Waals surface area contributed by atoms with E-state index in [1.807, 2.05) is 51.1 Å². The van der Waals surface area contributed by atoms with E-state index in [1.165, 1.54) is 0 Å². The van der Waals surface area contributed by atoms with Gasteiger partial charge in [-0.05, 0) is 50.6 Å². The highest BCUT2D eigenvalue weighted by molar-refractivity contribution is 5.57. The molecule has 1 aromatic carbocycles. The number of nitrogens with two attached hydrogens (primary N) is 1. The van der Waals surface area contributed by atoms with Gasteiger partial charge in [0.1, 0.15) is 0 Å². The summed E-state index contributed by atoms with van der Waals surface area (Å²) in [6, 6.07) is 9.77. The van der Waals surface area contributed by atoms with Crippen molar-refractivity contribution in [2.75, 3.05) is 11.1 Å². The molecule has 4 nitrogen and oxygen atoms in total. The molecular weight excluding hydrogens is 250 g/mol. The molecule has 20 heavy (non-hydrogen) atoms. The van der Waals surface area contributed by atoms with Crippen molar-refractivity contribution in [3.8, 4) is 5.88 Å². The van der Waals surface area contributed by atoms with Crippen LogP contribution in [0.4, 0.5) is 11.4 Å². The van der Waals surface area contributed by atoms with Crippen LogP contribution in [-0.4, -0.2) is 11.1 Å². The Morgan fingerprint density at radius 3 is 2.80 bits per heavy atom. The normalized spacial score (nSPS) is 10.6. The zero-order valence-corrected chi connectivity index (χ0v) is 12.2. The maximum atomic E-state index is 5.76. The van der Waals surface area contributed by atoms with Gasteiger partial charge in [-0.25, -0.2) is 4.98 Å². The molecule has 4 heteroatoms. The molecule has 2 rings (SSSR count). The summed E-state index contributed by atoms with van der Waals surface area (Å²) in [7, 11) is 0. The predicted octanol–water partition coefficient (Wildman–Crippen LogP) is 3.37. The summed E-state index contributed by atoms with van der Waals surface area (Å²) in [5.41, 5.74) is 9.76. The first-order valence-corrected chi connectivity index (χ1v) is 6.77. The third kappa shape index (κ3) is 3.63. The van der Waals surface area contributed by atoms with Crippen LogP contribution in [0.5, 0.6) is 5.88 Å². The summed E-state index contributed by atoms with van der Waals surface area (Å²) >= 11 is 0. The molecule has 3 N–H and O–H groups in total. The highest BCUT2D eigenvalue weighted by Crippen LogP contribution is 2.21. The number of nitrogens with zero attached hydrogens (tertiary/aromatic N) is 1. The fourth-order valence-corrected chi connectivity index (χ4v) is 1.96. The van der Waals surface area contributed by atoms with Crippen molar-refractivity contribution in [1.29, 1.82) is 0 Å². The van der Waals surface area contributed by atoms with Gasteiger partial charge in [0.2, 0.25) is 5.88 Å². The van der Waals surface area contributed by atoms with Crippen LogP contribution in [-0.2, 0) is 6.54 Å². The van der Waals surface area contributed by atoms with E-state index in [4.69, 9.17) is 10.5 Å². The van der Waals surface area contributed by atoms with Crippen molar-refractivity contribution >= 4 is 11.4 Å². The molecular formula is C16H21N3O. The van der Waals surface area contributed by atoms with E-state index >= 15 is 0 Å². The van der Waals surface area contributed by atoms with Gasteiger partial charge in [-0.1, -0.05) is 6.07 Å². The second-order valence-electron chi connectivity index (χ2n) is 5.06. The smallest absolute Gasteiger partial charge is 0.218 e. The molecule has 0 aliphatic rings. The summed E-state index contributed by atoms with van der Waals surface area (Å²) in [6.45, 7) is 6.69. The van der Waals surface area contributed by atoms with Crippen LogP contribution in [0.25, 0.3) is 0 Å². The highest BCUT2D eigenvalue weighted by Gasteiger charge is 2.07. The summed E-state index contributed by atoms with van der Waals surface area (Å²) < 4.78 is 5.71. The Balaban J connectivity index is 2.10. The number of rotatable bonds is 5. The summed E-state index contributed by atoms with van der Waals surface area (Å²) in [6.07, 6.45) is 1.86. The van der Waals surface area contributed by atoms with Gasteiger partial charge < -0.3 is 15.8 Å². The molecule has 0 saturated carbocycles. The second-order valence-corrected chi connectivity index (χ2v) is 5.06. The minimum Gasteiger partial charge on any atom is -0.475 e. The molecule has 0 atom stereocenters. The standard InChI is InChI=1S/C16H21N3O/c1-11(2)20-16-13(5-4-8-18-16)10-19-15-7-6-14(17)9-12(15)3/h4-9,11,19H,10,17H2,1-3H3. The zero-order chi connectivity index (χ0) is 14.5. The van der Waals surface area contributed by atoms with E-state index in [1.54, 1.807) is 6.20 Å². The molecule has 0 unspecified atom stereocenters. The Hall–Kier alpha value is -2.23. The first kappa shape index (κ1) is 14.2. The number of ether oxygens (including phenoxy) is 1. The van der Waals surface area contributed by atoms with Crippen LogP contribution in [0.3, 0.4) is 0 Å². The number of hydrogen-bond acceptors (Lipinski definition) is 4. The second kappa shape index (κ2) is 6.28. The SMILES string of the molecule is Cc1cc(N)ccc1NCc1cccnc1OC(C)C. The van der Waals surface area contributed by atoms with Gasteiger partial charge in [0.05, 0.1) is 6.10 Å². The summed E-state index contributed by atoms with van der Waals surface area (Å²) in [5.74, 6) is 0.683. The number of aryl methyl sites for hydroxylation is 1. The monoisotopic (exact) mass is 271 g/mol. The van der Waals surface area contributed by atoms with Gasteiger partial charge in [0, 0.05) is 29.7 Å². The topological polar surface area (TPSA) is 60.2 Å². The van der Waals surface area contributed by atoms with Crippen molar-refractivity contribution in [1.82, 2.24) is 4.98 Å². The number of aromatic nitrogens is 1. The molecule has 1 aromatic heterocycles. The van der Waals surface area contributed by atoms with Crippen LogP contribution < -0.4 is 15.8 Å². The van der Waals surface area contributed by atoms with E-state index in [0.717, 1.165) is 22.5 Å².